The molecular weight excluding hydrogens is 202 g/mol. The van der Waals surface area contributed by atoms with Crippen LogP contribution in [-0.2, 0) is 4.74 Å². The van der Waals surface area contributed by atoms with Crippen molar-refractivity contribution < 1.29 is 9.84 Å². The number of hydrogen-bond donors (Lipinski definition) is 1. The minimum Gasteiger partial charge on any atom is -0.387 e. The van der Waals surface area contributed by atoms with E-state index in [-0.39, 0.29) is 0 Å². The second-order valence-electron chi connectivity index (χ2n) is 3.98. The maximum absolute atomic E-state index is 9.92. The van der Waals surface area contributed by atoms with Crippen LogP contribution in [-0.4, -0.2) is 23.3 Å². The van der Waals surface area contributed by atoms with Gasteiger partial charge in [0.25, 0.3) is 0 Å². The maximum Gasteiger partial charge on any atom is 0.0984 e. The van der Waals surface area contributed by atoms with Crippen molar-refractivity contribution in [3.8, 4) is 0 Å². The topological polar surface area (TPSA) is 42.4 Å². The van der Waals surface area contributed by atoms with Crippen LogP contribution in [0.3, 0.4) is 0 Å². The van der Waals surface area contributed by atoms with Gasteiger partial charge in [-0.15, -0.1) is 0 Å². The van der Waals surface area contributed by atoms with Gasteiger partial charge in [-0.25, -0.2) is 0 Å². The first-order valence-electron chi connectivity index (χ1n) is 5.93. The Morgan fingerprint density at radius 3 is 2.94 bits per heavy atom. The van der Waals surface area contributed by atoms with Gasteiger partial charge in [0.2, 0.25) is 0 Å². The summed E-state index contributed by atoms with van der Waals surface area (Å²) in [5.74, 6) is 0. The highest BCUT2D eigenvalue weighted by Gasteiger charge is 2.10. The third-order valence-electron chi connectivity index (χ3n) is 2.54. The molecule has 3 heteroatoms. The van der Waals surface area contributed by atoms with Crippen molar-refractivity contribution in [1.82, 2.24) is 4.98 Å². The van der Waals surface area contributed by atoms with Crippen LogP contribution in [0.1, 0.15) is 43.5 Å². The third kappa shape index (κ3) is 4.29. The molecule has 16 heavy (non-hydrogen) atoms. The minimum atomic E-state index is -0.511. The molecule has 0 spiro atoms. The molecule has 0 aliphatic rings. The first-order valence-corrected chi connectivity index (χ1v) is 5.93. The van der Waals surface area contributed by atoms with Crippen molar-refractivity contribution in [2.24, 2.45) is 0 Å². The Morgan fingerprint density at radius 2 is 2.25 bits per heavy atom. The van der Waals surface area contributed by atoms with Gasteiger partial charge in [0.15, 0.2) is 0 Å². The smallest absolute Gasteiger partial charge is 0.0984 e. The van der Waals surface area contributed by atoms with Crippen molar-refractivity contribution in [3.63, 3.8) is 0 Å². The molecule has 1 rings (SSSR count). The van der Waals surface area contributed by atoms with Gasteiger partial charge in [0.05, 0.1) is 11.8 Å². The number of aromatic nitrogens is 1. The first-order chi connectivity index (χ1) is 7.75. The lowest BCUT2D eigenvalue weighted by molar-refractivity contribution is 0.0784. The first kappa shape index (κ1) is 13.1. The van der Waals surface area contributed by atoms with E-state index in [1.807, 2.05) is 19.1 Å². The lowest BCUT2D eigenvalue weighted by atomic mass is 10.1. The van der Waals surface area contributed by atoms with Crippen LogP contribution >= 0.6 is 0 Å². The average molecular weight is 223 g/mol. The number of rotatable bonds is 7. The molecule has 90 valence electrons. The number of hydrogen-bond acceptors (Lipinski definition) is 3. The van der Waals surface area contributed by atoms with Gasteiger partial charge >= 0.3 is 0 Å². The van der Waals surface area contributed by atoms with E-state index in [0.29, 0.717) is 13.0 Å². The van der Waals surface area contributed by atoms with Crippen molar-refractivity contribution >= 4 is 0 Å². The normalized spacial score (nSPS) is 12.7. The molecule has 0 saturated heterocycles. The molecule has 1 aromatic rings. The van der Waals surface area contributed by atoms with E-state index >= 15 is 0 Å². The van der Waals surface area contributed by atoms with Gasteiger partial charge in [-0.05, 0) is 25.0 Å². The Kier molecular flexibility index (Phi) is 6.04. The second-order valence-corrected chi connectivity index (χ2v) is 3.98. The van der Waals surface area contributed by atoms with Crippen LogP contribution in [0, 0.1) is 6.92 Å². The predicted octanol–water partition coefficient (Wildman–Crippen LogP) is 2.63. The second kappa shape index (κ2) is 7.36. The van der Waals surface area contributed by atoms with Crippen LogP contribution in [0.2, 0.25) is 0 Å². The lowest BCUT2D eigenvalue weighted by Gasteiger charge is -2.12. The Morgan fingerprint density at radius 1 is 1.44 bits per heavy atom. The van der Waals surface area contributed by atoms with Crippen LogP contribution in [0.4, 0.5) is 0 Å². The Balaban J connectivity index is 2.30. The summed E-state index contributed by atoms with van der Waals surface area (Å²) in [5, 5.41) is 9.92. The number of ether oxygens (including phenoxy) is 1. The van der Waals surface area contributed by atoms with Gasteiger partial charge in [-0.3, -0.25) is 4.98 Å². The maximum atomic E-state index is 9.92. The van der Waals surface area contributed by atoms with Gasteiger partial charge < -0.3 is 9.84 Å². The van der Waals surface area contributed by atoms with Crippen LogP contribution < -0.4 is 0 Å². The summed E-state index contributed by atoms with van der Waals surface area (Å²) in [6.07, 6.45) is 4.04. The van der Waals surface area contributed by atoms with Crippen molar-refractivity contribution in [3.05, 3.63) is 29.6 Å². The molecule has 0 aliphatic heterocycles. The molecule has 1 unspecified atom stereocenters. The summed E-state index contributed by atoms with van der Waals surface area (Å²) < 4.78 is 5.42. The standard InChI is InChI=1S/C13H21NO2/c1-3-4-9-16-10-7-12(15)13-11(2)6-5-8-14-13/h5-6,8,12,15H,3-4,7,9-10H2,1-2H3. The zero-order valence-electron chi connectivity index (χ0n) is 10.1. The fourth-order valence-electron chi connectivity index (χ4n) is 1.53. The van der Waals surface area contributed by atoms with Gasteiger partial charge in [-0.2, -0.15) is 0 Å². The molecule has 0 bridgehead atoms. The predicted molar refractivity (Wildman–Crippen MR) is 64.3 cm³/mol. The molecule has 1 aromatic heterocycles. The number of pyridine rings is 1. The van der Waals surface area contributed by atoms with Crippen LogP contribution in [0.5, 0.6) is 0 Å². The quantitative estimate of drug-likeness (QED) is 0.722. The summed E-state index contributed by atoms with van der Waals surface area (Å²) in [7, 11) is 0. The number of aliphatic hydroxyl groups is 1. The number of unbranched alkanes of at least 4 members (excludes halogenated alkanes) is 1. The Hall–Kier alpha value is -0.930. The molecule has 1 N–H and O–H groups in total. The SMILES string of the molecule is CCCCOCCC(O)c1ncccc1C. The Labute approximate surface area is 97.5 Å². The third-order valence-corrected chi connectivity index (χ3v) is 2.54. The van der Waals surface area contributed by atoms with E-state index in [1.54, 1.807) is 6.20 Å². The van der Waals surface area contributed by atoms with E-state index < -0.39 is 6.10 Å². The average Bonchev–Trinajstić information content (AvgIpc) is 2.29. The number of nitrogens with zero attached hydrogens (tertiary/aromatic N) is 1. The zero-order valence-corrected chi connectivity index (χ0v) is 10.1. The van der Waals surface area contributed by atoms with E-state index in [1.165, 1.54) is 0 Å². The van der Waals surface area contributed by atoms with Crippen molar-refractivity contribution in [1.29, 1.82) is 0 Å². The molecule has 0 radical (unpaired) electrons. The molecule has 0 saturated carbocycles. The van der Waals surface area contributed by atoms with E-state index in [4.69, 9.17) is 4.74 Å². The highest BCUT2D eigenvalue weighted by atomic mass is 16.5. The summed E-state index contributed by atoms with van der Waals surface area (Å²) in [5.41, 5.74) is 1.80. The van der Waals surface area contributed by atoms with Crippen molar-refractivity contribution in [2.45, 2.75) is 39.2 Å². The fraction of sp³-hybridized carbons (Fsp3) is 0.615. The molecule has 1 atom stereocenters. The number of aliphatic hydroxyl groups excluding tert-OH is 1. The zero-order chi connectivity index (χ0) is 11.8. The largest absolute Gasteiger partial charge is 0.387 e. The monoisotopic (exact) mass is 223 g/mol. The highest BCUT2D eigenvalue weighted by molar-refractivity contribution is 5.19. The molecule has 3 nitrogen and oxygen atoms in total. The Bertz CT molecular complexity index is 302. The van der Waals surface area contributed by atoms with E-state index in [0.717, 1.165) is 30.7 Å². The summed E-state index contributed by atoms with van der Waals surface area (Å²) in [6, 6.07) is 3.84. The molecule has 0 aromatic carbocycles. The van der Waals surface area contributed by atoms with Crippen molar-refractivity contribution in [2.75, 3.05) is 13.2 Å². The number of aryl methyl sites for hydroxylation is 1. The van der Waals surface area contributed by atoms with Crippen LogP contribution in [0.15, 0.2) is 18.3 Å². The summed E-state index contributed by atoms with van der Waals surface area (Å²) >= 11 is 0. The molecule has 0 aliphatic carbocycles. The summed E-state index contributed by atoms with van der Waals surface area (Å²) in [6.45, 7) is 5.47. The minimum absolute atomic E-state index is 0.511. The van der Waals surface area contributed by atoms with Gasteiger partial charge in [0.1, 0.15) is 0 Å². The molecule has 0 amide bonds. The van der Waals surface area contributed by atoms with E-state index in [9.17, 15) is 5.11 Å². The van der Waals surface area contributed by atoms with E-state index in [2.05, 4.69) is 11.9 Å². The lowest BCUT2D eigenvalue weighted by Crippen LogP contribution is -2.07. The van der Waals surface area contributed by atoms with Gasteiger partial charge in [-0.1, -0.05) is 19.4 Å². The van der Waals surface area contributed by atoms with Gasteiger partial charge in [0, 0.05) is 25.8 Å². The molecular formula is C13H21NO2. The van der Waals surface area contributed by atoms with Crippen LogP contribution in [0.25, 0.3) is 0 Å². The molecule has 0 fully saturated rings. The molecule has 1 heterocycles. The fourth-order valence-corrected chi connectivity index (χ4v) is 1.53. The summed E-state index contributed by atoms with van der Waals surface area (Å²) in [4.78, 5) is 4.19. The highest BCUT2D eigenvalue weighted by Crippen LogP contribution is 2.17.